The highest BCUT2D eigenvalue weighted by molar-refractivity contribution is 6.04. The third kappa shape index (κ3) is 1.66. The summed E-state index contributed by atoms with van der Waals surface area (Å²) in [6, 6.07) is 2.01. The number of nitrogens with zero attached hydrogens (tertiary/aromatic N) is 2. The Balaban J connectivity index is 2.49. The molecule has 1 saturated heterocycles. The van der Waals surface area contributed by atoms with Gasteiger partial charge >= 0.3 is 0 Å². The third-order valence-corrected chi connectivity index (χ3v) is 4.49. The molecule has 0 unspecified atom stereocenters. The second-order valence-electron chi connectivity index (χ2n) is 6.14. The zero-order valence-corrected chi connectivity index (χ0v) is 11.1. The molecule has 0 saturated carbocycles. The molecule has 0 bridgehead atoms. The van der Waals surface area contributed by atoms with Gasteiger partial charge in [0.15, 0.2) is 5.78 Å². The fraction of sp³-hybridized carbons (Fsp3) is 0.643. The van der Waals surface area contributed by atoms with Crippen LogP contribution in [0.3, 0.4) is 0 Å². The molecule has 0 spiro atoms. The van der Waals surface area contributed by atoms with Crippen LogP contribution in [0.1, 0.15) is 27.2 Å². The predicted molar refractivity (Wildman–Crippen MR) is 66.3 cm³/mol. The van der Waals surface area contributed by atoms with Crippen molar-refractivity contribution >= 4 is 12.2 Å². The summed E-state index contributed by atoms with van der Waals surface area (Å²) in [5, 5.41) is 9.10. The fourth-order valence-corrected chi connectivity index (χ4v) is 3.66. The van der Waals surface area contributed by atoms with E-state index < -0.39 is 5.41 Å². The smallest absolute Gasteiger partial charge is 0.209 e. The Bertz CT molecular complexity index is 473. The van der Waals surface area contributed by atoms with Gasteiger partial charge in [-0.25, -0.2) is 0 Å². The number of piperidine rings is 1. The molecule has 4 heteroatoms. The molecule has 0 aromatic rings. The highest BCUT2D eigenvalue weighted by Gasteiger charge is 2.53. The molecule has 1 amide bonds. The first kappa shape index (κ1) is 12.8. The van der Waals surface area contributed by atoms with Crippen LogP contribution in [0.15, 0.2) is 11.6 Å². The molecule has 1 fully saturated rings. The quantitative estimate of drug-likeness (QED) is 0.659. The molecule has 18 heavy (non-hydrogen) atoms. The molecule has 96 valence electrons. The lowest BCUT2D eigenvalue weighted by Crippen LogP contribution is -2.55. The maximum Gasteiger partial charge on any atom is 0.209 e. The third-order valence-electron chi connectivity index (χ3n) is 4.49. The second kappa shape index (κ2) is 3.94. The SMILES string of the molecule is CC1(C)C(=O)C(C#N)=C[C@]2(C)CN(C=O)CC[C@@H]12. The molecule has 0 aromatic heterocycles. The maximum atomic E-state index is 12.3. The highest BCUT2D eigenvalue weighted by atomic mass is 16.1. The maximum absolute atomic E-state index is 12.3. The first-order chi connectivity index (χ1) is 8.35. The Kier molecular flexibility index (Phi) is 2.81. The van der Waals surface area contributed by atoms with E-state index in [-0.39, 0.29) is 22.7 Å². The van der Waals surface area contributed by atoms with E-state index in [0.717, 1.165) is 12.8 Å². The number of Topliss-reactive ketones (excluding diaryl/α,β-unsaturated/α-hetero) is 1. The predicted octanol–water partition coefficient (Wildman–Crippen LogP) is 1.53. The van der Waals surface area contributed by atoms with Crippen LogP contribution in [0.4, 0.5) is 0 Å². The lowest BCUT2D eigenvalue weighted by atomic mass is 9.55. The molecule has 4 nitrogen and oxygen atoms in total. The Labute approximate surface area is 107 Å². The van der Waals surface area contributed by atoms with Crippen LogP contribution in [-0.2, 0) is 9.59 Å². The summed E-state index contributed by atoms with van der Waals surface area (Å²) in [4.78, 5) is 24.9. The molecule has 1 aliphatic carbocycles. The van der Waals surface area contributed by atoms with Crippen LogP contribution in [0.5, 0.6) is 0 Å². The number of allylic oxidation sites excluding steroid dienone is 1. The first-order valence-corrected chi connectivity index (χ1v) is 6.22. The molecule has 2 atom stereocenters. The van der Waals surface area contributed by atoms with E-state index in [4.69, 9.17) is 5.26 Å². The summed E-state index contributed by atoms with van der Waals surface area (Å²) >= 11 is 0. The number of ketones is 1. The van der Waals surface area contributed by atoms with E-state index >= 15 is 0 Å². The van der Waals surface area contributed by atoms with E-state index in [0.29, 0.717) is 13.1 Å². The number of carbonyl (C=O) groups excluding carboxylic acids is 2. The Hall–Kier alpha value is -1.63. The minimum atomic E-state index is -0.524. The van der Waals surface area contributed by atoms with Crippen molar-refractivity contribution in [3.63, 3.8) is 0 Å². The number of carbonyl (C=O) groups is 2. The van der Waals surface area contributed by atoms with E-state index in [1.54, 1.807) is 11.0 Å². The normalized spacial score (nSPS) is 34.3. The van der Waals surface area contributed by atoms with Crippen LogP contribution >= 0.6 is 0 Å². The Morgan fingerprint density at radius 3 is 2.72 bits per heavy atom. The minimum absolute atomic E-state index is 0.0629. The number of amides is 1. The fourth-order valence-electron chi connectivity index (χ4n) is 3.66. The van der Waals surface area contributed by atoms with Gasteiger partial charge in [-0.15, -0.1) is 0 Å². The second-order valence-corrected chi connectivity index (χ2v) is 6.14. The summed E-state index contributed by atoms with van der Waals surface area (Å²) in [5.74, 6) is 0.123. The van der Waals surface area contributed by atoms with Crippen molar-refractivity contribution in [3.8, 4) is 6.07 Å². The average molecular weight is 246 g/mol. The number of fused-ring (bicyclic) bond motifs is 1. The van der Waals surface area contributed by atoms with Gasteiger partial charge in [0.25, 0.3) is 0 Å². The lowest BCUT2D eigenvalue weighted by molar-refractivity contribution is -0.134. The molecule has 1 heterocycles. The van der Waals surface area contributed by atoms with Crippen molar-refractivity contribution in [2.45, 2.75) is 27.2 Å². The van der Waals surface area contributed by atoms with E-state index in [9.17, 15) is 9.59 Å². The summed E-state index contributed by atoms with van der Waals surface area (Å²) < 4.78 is 0. The Morgan fingerprint density at radius 2 is 2.17 bits per heavy atom. The number of likely N-dealkylation sites (tertiary alicyclic amines) is 1. The molecule has 1 aliphatic heterocycles. The Morgan fingerprint density at radius 1 is 1.50 bits per heavy atom. The van der Waals surface area contributed by atoms with Gasteiger partial charge in [0.1, 0.15) is 6.07 Å². The number of hydrogen-bond acceptors (Lipinski definition) is 3. The van der Waals surface area contributed by atoms with Gasteiger partial charge < -0.3 is 4.90 Å². The summed E-state index contributed by atoms with van der Waals surface area (Å²) in [5.41, 5.74) is -0.558. The number of nitriles is 1. The zero-order valence-electron chi connectivity index (χ0n) is 11.1. The van der Waals surface area contributed by atoms with E-state index in [1.165, 1.54) is 0 Å². The molecule has 0 radical (unpaired) electrons. The van der Waals surface area contributed by atoms with Crippen LogP contribution in [0.25, 0.3) is 0 Å². The molecular weight excluding hydrogens is 228 g/mol. The van der Waals surface area contributed by atoms with Crippen molar-refractivity contribution in [2.24, 2.45) is 16.7 Å². The van der Waals surface area contributed by atoms with Gasteiger partial charge in [-0.2, -0.15) is 5.26 Å². The van der Waals surface area contributed by atoms with E-state index in [1.807, 2.05) is 26.8 Å². The molecule has 0 aromatic carbocycles. The van der Waals surface area contributed by atoms with Crippen molar-refractivity contribution in [1.29, 1.82) is 5.26 Å². The summed E-state index contributed by atoms with van der Waals surface area (Å²) in [6.07, 6.45) is 3.44. The minimum Gasteiger partial charge on any atom is -0.344 e. The van der Waals surface area contributed by atoms with Gasteiger partial charge in [-0.05, 0) is 12.3 Å². The molecule has 2 aliphatic rings. The van der Waals surface area contributed by atoms with Gasteiger partial charge in [0, 0.05) is 23.9 Å². The van der Waals surface area contributed by atoms with Crippen LogP contribution < -0.4 is 0 Å². The monoisotopic (exact) mass is 246 g/mol. The average Bonchev–Trinajstić information content (AvgIpc) is 2.33. The number of hydrogen-bond donors (Lipinski definition) is 0. The van der Waals surface area contributed by atoms with Crippen LogP contribution in [0, 0.1) is 28.1 Å². The summed E-state index contributed by atoms with van der Waals surface area (Å²) in [6.45, 7) is 7.15. The van der Waals surface area contributed by atoms with E-state index in [2.05, 4.69) is 0 Å². The molecule has 0 N–H and O–H groups in total. The zero-order chi connectivity index (χ0) is 13.6. The first-order valence-electron chi connectivity index (χ1n) is 6.22. The van der Waals surface area contributed by atoms with Crippen molar-refractivity contribution < 1.29 is 9.59 Å². The topological polar surface area (TPSA) is 61.2 Å². The van der Waals surface area contributed by atoms with Crippen molar-refractivity contribution in [2.75, 3.05) is 13.1 Å². The van der Waals surface area contributed by atoms with Gasteiger partial charge in [-0.1, -0.05) is 26.8 Å². The number of rotatable bonds is 1. The highest BCUT2D eigenvalue weighted by Crippen LogP contribution is 2.51. The molecule has 2 rings (SSSR count). The van der Waals surface area contributed by atoms with Crippen molar-refractivity contribution in [3.05, 3.63) is 11.6 Å². The lowest BCUT2D eigenvalue weighted by Gasteiger charge is -2.52. The summed E-state index contributed by atoms with van der Waals surface area (Å²) in [7, 11) is 0. The van der Waals surface area contributed by atoms with Gasteiger partial charge in [0.05, 0.1) is 5.57 Å². The molecular formula is C14H18N2O2. The van der Waals surface area contributed by atoms with Gasteiger partial charge in [-0.3, -0.25) is 9.59 Å². The van der Waals surface area contributed by atoms with Crippen LogP contribution in [0.2, 0.25) is 0 Å². The van der Waals surface area contributed by atoms with Gasteiger partial charge in [0.2, 0.25) is 6.41 Å². The van der Waals surface area contributed by atoms with Crippen LogP contribution in [-0.4, -0.2) is 30.2 Å². The standard InChI is InChI=1S/C14H18N2O2/c1-13(2)11-4-5-16(9-17)8-14(11,3)6-10(7-15)12(13)18/h6,9,11H,4-5,8H2,1-3H3/t11-,14+/m0/s1. The van der Waals surface area contributed by atoms with Crippen molar-refractivity contribution in [1.82, 2.24) is 4.90 Å². The largest absolute Gasteiger partial charge is 0.344 e.